The highest BCUT2D eigenvalue weighted by Gasteiger charge is 2.54. The summed E-state index contributed by atoms with van der Waals surface area (Å²) < 4.78 is 39.0. The first-order valence-corrected chi connectivity index (χ1v) is 16.8. The lowest BCUT2D eigenvalue weighted by Crippen LogP contribution is -2.53. The normalized spacial score (nSPS) is 21.2. The van der Waals surface area contributed by atoms with Crippen molar-refractivity contribution < 1.29 is 32.9 Å². The quantitative estimate of drug-likeness (QED) is 0.242. The molecule has 3 N–H and O–H groups in total. The number of nitrogens with zero attached hydrogens (tertiary/aromatic N) is 1. The van der Waals surface area contributed by atoms with Crippen LogP contribution in [-0.4, -0.2) is 67.1 Å². The van der Waals surface area contributed by atoms with Gasteiger partial charge in [-0.15, -0.1) is 0 Å². The molecule has 0 aromatic heterocycles. The second-order valence-corrected chi connectivity index (χ2v) is 13.7. The van der Waals surface area contributed by atoms with Crippen LogP contribution in [0.25, 0.3) is 0 Å². The average molecular weight is 621 g/mol. The predicted molar refractivity (Wildman–Crippen MR) is 167 cm³/mol. The Morgan fingerprint density at radius 2 is 1.61 bits per heavy atom. The van der Waals surface area contributed by atoms with Crippen LogP contribution in [-0.2, 0) is 19.4 Å². The molecule has 1 heterocycles. The van der Waals surface area contributed by atoms with Crippen LogP contribution in [0.3, 0.4) is 0 Å². The molecule has 3 aromatic rings. The Hall–Kier alpha value is -3.73. The molecule has 0 bridgehead atoms. The van der Waals surface area contributed by atoms with E-state index in [4.69, 9.17) is 19.6 Å². The minimum absolute atomic E-state index is 0.0329. The van der Waals surface area contributed by atoms with Gasteiger partial charge >= 0.3 is 0 Å². The molecule has 1 aliphatic carbocycles. The molecule has 1 aliphatic heterocycles. The predicted octanol–water partition coefficient (Wildman–Crippen LogP) is 4.38. The maximum Gasteiger partial charge on any atom is 0.252 e. The van der Waals surface area contributed by atoms with Gasteiger partial charge in [-0.1, -0.05) is 67.8 Å². The van der Waals surface area contributed by atoms with E-state index in [1.165, 1.54) is 0 Å². The van der Waals surface area contributed by atoms with E-state index in [-0.39, 0.29) is 36.1 Å². The molecule has 0 unspecified atom stereocenters. The summed E-state index contributed by atoms with van der Waals surface area (Å²) in [5.74, 6) is -0.00780. The first-order chi connectivity index (χ1) is 21.2. The van der Waals surface area contributed by atoms with E-state index in [1.807, 2.05) is 30.3 Å². The van der Waals surface area contributed by atoms with Gasteiger partial charge in [0.05, 0.1) is 22.9 Å². The molecular weight excluding hydrogens is 580 g/mol. The fourth-order valence-corrected chi connectivity index (χ4v) is 7.21. The van der Waals surface area contributed by atoms with Gasteiger partial charge in [-0.25, -0.2) is 13.4 Å². The molecule has 0 saturated heterocycles. The molecule has 1 saturated carbocycles. The van der Waals surface area contributed by atoms with Crippen LogP contribution in [0.2, 0.25) is 0 Å². The Balaban J connectivity index is 1.51. The number of sulfone groups is 1. The zero-order valence-electron chi connectivity index (χ0n) is 24.7. The van der Waals surface area contributed by atoms with Gasteiger partial charge in [-0.05, 0) is 54.8 Å². The monoisotopic (exact) mass is 620 g/mol. The lowest BCUT2D eigenvalue weighted by atomic mass is 9.83. The Morgan fingerprint density at radius 1 is 0.955 bits per heavy atom. The first-order valence-electron chi connectivity index (χ1n) is 15.2. The summed E-state index contributed by atoms with van der Waals surface area (Å²) in [6.45, 7) is 0.450. The number of rotatable bonds is 13. The molecule has 234 valence electrons. The molecule has 3 aromatic carbocycles. The molecule has 0 spiro atoms. The largest absolute Gasteiger partial charge is 0.494 e. The van der Waals surface area contributed by atoms with E-state index in [9.17, 15) is 18.3 Å². The number of carbonyl (C=O) groups excluding carboxylic acids is 1. The van der Waals surface area contributed by atoms with Crippen LogP contribution >= 0.6 is 0 Å². The van der Waals surface area contributed by atoms with E-state index in [0.717, 1.165) is 19.3 Å². The Labute approximate surface area is 258 Å². The summed E-state index contributed by atoms with van der Waals surface area (Å²) in [4.78, 5) is 19.4. The Bertz CT molecular complexity index is 1520. The van der Waals surface area contributed by atoms with Crippen LogP contribution < -0.4 is 10.1 Å². The van der Waals surface area contributed by atoms with Crippen molar-refractivity contribution in [1.29, 1.82) is 0 Å². The van der Waals surface area contributed by atoms with Crippen molar-refractivity contribution in [2.24, 2.45) is 4.99 Å². The van der Waals surface area contributed by atoms with Gasteiger partial charge in [0.15, 0.2) is 21.5 Å². The van der Waals surface area contributed by atoms with Gasteiger partial charge in [-0.2, -0.15) is 0 Å². The van der Waals surface area contributed by atoms with E-state index < -0.39 is 33.0 Å². The summed E-state index contributed by atoms with van der Waals surface area (Å²) in [7, 11) is -3.76. The average Bonchev–Trinajstić information content (AvgIpc) is 3.45. The fourth-order valence-electron chi connectivity index (χ4n) is 5.82. The molecule has 44 heavy (non-hydrogen) atoms. The van der Waals surface area contributed by atoms with Crippen molar-refractivity contribution in [2.75, 3.05) is 25.5 Å². The first kappa shape index (κ1) is 31.7. The standard InChI is InChI=1S/C34H40N2O7S/c37-22-10-23-42-28-17-15-27(16-18-28)31-36-34(30(43-31)26-11-4-1-5-12-26,21-24-44(40,41)29-13-6-2-7-14-29)32(38)35-25-33(39)19-8-3-9-20-33/h1-2,4-7,11-18,30,37,39H,3,8-10,19-25H2,(H,35,38)/t30-,34-/m1/s1. The molecule has 10 heteroatoms. The molecular formula is C34H40N2O7S. The van der Waals surface area contributed by atoms with Crippen molar-refractivity contribution >= 4 is 21.6 Å². The van der Waals surface area contributed by atoms with Gasteiger partial charge in [0, 0.05) is 31.6 Å². The lowest BCUT2D eigenvalue weighted by Gasteiger charge is -2.35. The third kappa shape index (κ3) is 7.31. The van der Waals surface area contributed by atoms with E-state index in [2.05, 4.69) is 5.32 Å². The number of aliphatic hydroxyl groups excluding tert-OH is 1. The van der Waals surface area contributed by atoms with E-state index in [0.29, 0.717) is 42.7 Å². The van der Waals surface area contributed by atoms with Gasteiger partial charge < -0.3 is 25.0 Å². The third-order valence-corrected chi connectivity index (χ3v) is 10.1. The van der Waals surface area contributed by atoms with Crippen LogP contribution in [0.4, 0.5) is 0 Å². The second-order valence-electron chi connectivity index (χ2n) is 11.5. The van der Waals surface area contributed by atoms with E-state index >= 15 is 0 Å². The number of ether oxygens (including phenoxy) is 2. The lowest BCUT2D eigenvalue weighted by molar-refractivity contribution is -0.130. The van der Waals surface area contributed by atoms with Gasteiger partial charge in [0.1, 0.15) is 5.75 Å². The van der Waals surface area contributed by atoms with Gasteiger partial charge in [0.2, 0.25) is 5.90 Å². The minimum Gasteiger partial charge on any atom is -0.494 e. The molecule has 0 radical (unpaired) electrons. The molecule has 2 atom stereocenters. The summed E-state index contributed by atoms with van der Waals surface area (Å²) in [5, 5.41) is 23.2. The van der Waals surface area contributed by atoms with Crippen molar-refractivity contribution in [3.05, 3.63) is 96.1 Å². The SMILES string of the molecule is O=C(NCC1(O)CCCCC1)[C@]1(CCS(=O)(=O)c2ccccc2)N=C(c2ccc(OCCCO)cc2)O[C@@H]1c1ccccc1. The maximum absolute atomic E-state index is 14.3. The van der Waals surface area contributed by atoms with Crippen molar-refractivity contribution in [1.82, 2.24) is 5.32 Å². The van der Waals surface area contributed by atoms with Crippen LogP contribution in [0.5, 0.6) is 5.75 Å². The van der Waals surface area contributed by atoms with Crippen LogP contribution in [0, 0.1) is 0 Å². The summed E-state index contributed by atoms with van der Waals surface area (Å²) in [6, 6.07) is 24.4. The molecule has 5 rings (SSSR count). The van der Waals surface area contributed by atoms with Gasteiger partial charge in [-0.3, -0.25) is 4.79 Å². The van der Waals surface area contributed by atoms with Crippen LogP contribution in [0.1, 0.15) is 62.2 Å². The fraction of sp³-hybridized carbons (Fsp3) is 0.412. The third-order valence-electron chi connectivity index (χ3n) is 8.35. The van der Waals surface area contributed by atoms with Crippen molar-refractivity contribution in [3.8, 4) is 5.75 Å². The molecule has 9 nitrogen and oxygen atoms in total. The number of nitrogens with one attached hydrogen (secondary N) is 1. The van der Waals surface area contributed by atoms with E-state index in [1.54, 1.807) is 54.6 Å². The smallest absolute Gasteiger partial charge is 0.252 e. The number of carbonyl (C=O) groups is 1. The molecule has 2 aliphatic rings. The number of amides is 1. The number of hydrogen-bond donors (Lipinski definition) is 3. The zero-order chi connectivity index (χ0) is 31.0. The number of aliphatic hydroxyl groups is 2. The zero-order valence-corrected chi connectivity index (χ0v) is 25.5. The van der Waals surface area contributed by atoms with Crippen LogP contribution in [0.15, 0.2) is 94.8 Å². The topological polar surface area (TPSA) is 135 Å². The Morgan fingerprint density at radius 3 is 2.27 bits per heavy atom. The summed E-state index contributed by atoms with van der Waals surface area (Å²) >= 11 is 0. The van der Waals surface area contributed by atoms with Crippen molar-refractivity contribution in [3.63, 3.8) is 0 Å². The molecule has 1 fully saturated rings. The molecule has 1 amide bonds. The van der Waals surface area contributed by atoms with Gasteiger partial charge in [0.25, 0.3) is 5.91 Å². The second kappa shape index (κ2) is 13.9. The highest BCUT2D eigenvalue weighted by Crippen LogP contribution is 2.43. The summed E-state index contributed by atoms with van der Waals surface area (Å²) in [6.07, 6.45) is 3.43. The highest BCUT2D eigenvalue weighted by atomic mass is 32.2. The summed E-state index contributed by atoms with van der Waals surface area (Å²) in [5.41, 5.74) is -1.36. The maximum atomic E-state index is 14.3. The number of hydrogen-bond acceptors (Lipinski definition) is 8. The number of benzene rings is 3. The van der Waals surface area contributed by atoms with Crippen molar-refractivity contribution in [2.45, 2.75) is 67.1 Å². The minimum atomic E-state index is -3.76. The highest BCUT2D eigenvalue weighted by molar-refractivity contribution is 7.91. The number of aliphatic imine (C=N–C) groups is 1. The Kier molecular flexibility index (Phi) is 10.0.